The standard InChI is InChI=1S/C21H25N5O3/c1-15-20(24-14-28-15)11-25-5-7-26(8-6-25)16-2-3-19-18(10-16)21(23-13-22-19)29-17-4-9-27-12-17/h2-3,10,13-14,17H,4-9,11-12H2,1H3. The van der Waals surface area contributed by atoms with E-state index in [1.165, 1.54) is 12.1 Å². The molecule has 2 aromatic heterocycles. The molecule has 1 atom stereocenters. The minimum Gasteiger partial charge on any atom is -0.471 e. The van der Waals surface area contributed by atoms with E-state index in [9.17, 15) is 0 Å². The second kappa shape index (κ2) is 7.96. The number of aryl methyl sites for hydroxylation is 1. The molecule has 0 N–H and O–H groups in total. The molecular formula is C21H25N5O3. The van der Waals surface area contributed by atoms with Crippen molar-refractivity contribution in [2.24, 2.45) is 0 Å². The van der Waals surface area contributed by atoms with Gasteiger partial charge in [0, 0.05) is 44.8 Å². The molecule has 2 saturated heterocycles. The highest BCUT2D eigenvalue weighted by molar-refractivity contribution is 5.86. The predicted octanol–water partition coefficient (Wildman–Crippen LogP) is 2.42. The second-order valence-electron chi connectivity index (χ2n) is 7.60. The van der Waals surface area contributed by atoms with Crippen molar-refractivity contribution in [3.63, 3.8) is 0 Å². The quantitative estimate of drug-likeness (QED) is 0.652. The van der Waals surface area contributed by atoms with Crippen molar-refractivity contribution in [1.29, 1.82) is 0 Å². The van der Waals surface area contributed by atoms with Crippen molar-refractivity contribution >= 4 is 16.6 Å². The van der Waals surface area contributed by atoms with Gasteiger partial charge < -0.3 is 18.8 Å². The fourth-order valence-corrected chi connectivity index (χ4v) is 3.93. The molecule has 1 unspecified atom stereocenters. The van der Waals surface area contributed by atoms with Crippen molar-refractivity contribution in [3.05, 3.63) is 42.4 Å². The molecule has 5 rings (SSSR count). The van der Waals surface area contributed by atoms with E-state index in [0.717, 1.165) is 68.1 Å². The largest absolute Gasteiger partial charge is 0.471 e. The van der Waals surface area contributed by atoms with Crippen molar-refractivity contribution in [1.82, 2.24) is 19.9 Å². The number of aromatic nitrogens is 3. The molecule has 29 heavy (non-hydrogen) atoms. The van der Waals surface area contributed by atoms with E-state index < -0.39 is 0 Å². The number of oxazole rings is 1. The Morgan fingerprint density at radius 1 is 1.14 bits per heavy atom. The number of hydrogen-bond donors (Lipinski definition) is 0. The lowest BCUT2D eigenvalue weighted by Crippen LogP contribution is -2.46. The number of anilines is 1. The molecule has 4 heterocycles. The zero-order valence-corrected chi connectivity index (χ0v) is 16.6. The van der Waals surface area contributed by atoms with Gasteiger partial charge in [0.1, 0.15) is 18.2 Å². The van der Waals surface area contributed by atoms with Gasteiger partial charge >= 0.3 is 0 Å². The Hall–Kier alpha value is -2.71. The summed E-state index contributed by atoms with van der Waals surface area (Å²) in [4.78, 5) is 17.9. The van der Waals surface area contributed by atoms with Gasteiger partial charge in [-0.3, -0.25) is 4.90 Å². The number of benzene rings is 1. The summed E-state index contributed by atoms with van der Waals surface area (Å²) in [5, 5.41) is 0.956. The zero-order chi connectivity index (χ0) is 19.6. The molecule has 8 nitrogen and oxygen atoms in total. The third kappa shape index (κ3) is 3.90. The molecule has 1 aromatic carbocycles. The molecule has 8 heteroatoms. The van der Waals surface area contributed by atoms with Crippen LogP contribution in [0.4, 0.5) is 5.69 Å². The molecular weight excluding hydrogens is 370 g/mol. The van der Waals surface area contributed by atoms with E-state index in [-0.39, 0.29) is 6.10 Å². The third-order valence-electron chi connectivity index (χ3n) is 5.70. The van der Waals surface area contributed by atoms with Crippen LogP contribution in [0.3, 0.4) is 0 Å². The molecule has 0 aliphatic carbocycles. The minimum atomic E-state index is 0.0697. The van der Waals surface area contributed by atoms with Gasteiger partial charge in [0.05, 0.1) is 29.8 Å². The minimum absolute atomic E-state index is 0.0697. The summed E-state index contributed by atoms with van der Waals surface area (Å²) in [7, 11) is 0. The average Bonchev–Trinajstić information content (AvgIpc) is 3.41. The van der Waals surface area contributed by atoms with Gasteiger partial charge in [0.15, 0.2) is 6.39 Å². The number of hydrogen-bond acceptors (Lipinski definition) is 8. The Balaban J connectivity index is 1.29. The Bertz CT molecular complexity index is 977. The monoisotopic (exact) mass is 395 g/mol. The van der Waals surface area contributed by atoms with Crippen molar-refractivity contribution in [2.45, 2.75) is 26.0 Å². The SMILES string of the molecule is Cc1ocnc1CN1CCN(c2ccc3ncnc(OC4CCOC4)c3c2)CC1. The second-order valence-corrected chi connectivity index (χ2v) is 7.60. The number of nitrogens with zero attached hydrogens (tertiary/aromatic N) is 5. The van der Waals surface area contributed by atoms with Crippen LogP contribution in [0.15, 0.2) is 35.3 Å². The smallest absolute Gasteiger partial charge is 0.224 e. The van der Waals surface area contributed by atoms with Gasteiger partial charge in [-0.25, -0.2) is 15.0 Å². The average molecular weight is 395 g/mol. The normalized spacial score (nSPS) is 20.4. The van der Waals surface area contributed by atoms with Crippen molar-refractivity contribution < 1.29 is 13.9 Å². The van der Waals surface area contributed by atoms with Crippen molar-refractivity contribution in [3.8, 4) is 5.88 Å². The van der Waals surface area contributed by atoms with Crippen LogP contribution in [0, 0.1) is 6.92 Å². The van der Waals surface area contributed by atoms with Crippen LogP contribution >= 0.6 is 0 Å². The summed E-state index contributed by atoms with van der Waals surface area (Å²) in [5.41, 5.74) is 3.11. The maximum atomic E-state index is 6.10. The molecule has 152 valence electrons. The lowest BCUT2D eigenvalue weighted by molar-refractivity contribution is 0.139. The molecule has 0 radical (unpaired) electrons. The summed E-state index contributed by atoms with van der Waals surface area (Å²) < 4.78 is 16.8. The van der Waals surface area contributed by atoms with Crippen molar-refractivity contribution in [2.75, 3.05) is 44.3 Å². The Kier molecular flexibility index (Phi) is 5.03. The Morgan fingerprint density at radius 2 is 2.03 bits per heavy atom. The van der Waals surface area contributed by atoms with E-state index >= 15 is 0 Å². The summed E-state index contributed by atoms with van der Waals surface area (Å²) >= 11 is 0. The van der Waals surface area contributed by atoms with Gasteiger partial charge in [0.2, 0.25) is 5.88 Å². The number of piperazine rings is 1. The molecule has 0 spiro atoms. The van der Waals surface area contributed by atoms with Crippen LogP contribution in [0.5, 0.6) is 5.88 Å². The lowest BCUT2D eigenvalue weighted by atomic mass is 10.1. The highest BCUT2D eigenvalue weighted by atomic mass is 16.5. The first kappa shape index (κ1) is 18.3. The molecule has 2 fully saturated rings. The summed E-state index contributed by atoms with van der Waals surface area (Å²) in [6, 6.07) is 6.34. The van der Waals surface area contributed by atoms with Gasteiger partial charge in [0.25, 0.3) is 0 Å². The first-order valence-electron chi connectivity index (χ1n) is 10.1. The van der Waals surface area contributed by atoms with E-state index in [1.54, 1.807) is 6.33 Å². The van der Waals surface area contributed by atoms with E-state index in [4.69, 9.17) is 13.9 Å². The summed E-state index contributed by atoms with van der Waals surface area (Å²) in [5.74, 6) is 1.55. The Labute approximate surface area is 169 Å². The van der Waals surface area contributed by atoms with Gasteiger partial charge in [-0.1, -0.05) is 0 Å². The zero-order valence-electron chi connectivity index (χ0n) is 16.6. The van der Waals surface area contributed by atoms with E-state index in [2.05, 4.69) is 43.0 Å². The third-order valence-corrected chi connectivity index (χ3v) is 5.70. The Morgan fingerprint density at radius 3 is 2.79 bits per heavy atom. The van der Waals surface area contributed by atoms with Gasteiger partial charge in [-0.2, -0.15) is 0 Å². The molecule has 3 aromatic rings. The first-order chi connectivity index (χ1) is 14.3. The number of ether oxygens (including phenoxy) is 2. The van der Waals surface area contributed by atoms with Crippen LogP contribution in [-0.2, 0) is 11.3 Å². The first-order valence-corrected chi connectivity index (χ1v) is 10.1. The topological polar surface area (TPSA) is 76.8 Å². The van der Waals surface area contributed by atoms with Crippen LogP contribution in [0.1, 0.15) is 17.9 Å². The molecule has 0 amide bonds. The number of rotatable bonds is 5. The van der Waals surface area contributed by atoms with Crippen LogP contribution in [0.25, 0.3) is 10.9 Å². The van der Waals surface area contributed by atoms with Crippen LogP contribution < -0.4 is 9.64 Å². The van der Waals surface area contributed by atoms with Gasteiger partial charge in [-0.05, 0) is 25.1 Å². The van der Waals surface area contributed by atoms with E-state index in [1.807, 2.05) is 6.92 Å². The lowest BCUT2D eigenvalue weighted by Gasteiger charge is -2.36. The van der Waals surface area contributed by atoms with Gasteiger partial charge in [-0.15, -0.1) is 0 Å². The maximum absolute atomic E-state index is 6.10. The molecule has 2 aliphatic rings. The number of fused-ring (bicyclic) bond motifs is 1. The molecule has 0 saturated carbocycles. The summed E-state index contributed by atoms with van der Waals surface area (Å²) in [6.45, 7) is 8.06. The summed E-state index contributed by atoms with van der Waals surface area (Å²) in [6.07, 6.45) is 4.06. The van der Waals surface area contributed by atoms with Crippen LogP contribution in [0.2, 0.25) is 0 Å². The molecule has 2 aliphatic heterocycles. The highest BCUT2D eigenvalue weighted by Gasteiger charge is 2.21. The highest BCUT2D eigenvalue weighted by Crippen LogP contribution is 2.29. The maximum Gasteiger partial charge on any atom is 0.224 e. The fraction of sp³-hybridized carbons (Fsp3) is 0.476. The predicted molar refractivity (Wildman–Crippen MR) is 108 cm³/mol. The van der Waals surface area contributed by atoms with E-state index in [0.29, 0.717) is 12.5 Å². The van der Waals surface area contributed by atoms with Crippen LogP contribution in [-0.4, -0.2) is 65.3 Å². The fourth-order valence-electron chi connectivity index (χ4n) is 3.93. The molecule has 0 bridgehead atoms.